The fourth-order valence-corrected chi connectivity index (χ4v) is 10.8. The number of hydrogen-bond acceptors (Lipinski definition) is 10. The number of benzene rings is 4. The number of ketones is 1. The monoisotopic (exact) mass is 927 g/mol. The number of rotatable bonds is 16. The number of ether oxygens (including phenoxy) is 2. The number of carbonyl (C=O) groups is 3. The van der Waals surface area contributed by atoms with Gasteiger partial charge in [0.15, 0.2) is 5.78 Å². The quantitative estimate of drug-likeness (QED) is 0.0815. The molecule has 2 amide bonds. The van der Waals surface area contributed by atoms with Crippen molar-refractivity contribution in [3.8, 4) is 20.9 Å². The molecule has 0 aliphatic carbocycles. The zero-order chi connectivity index (χ0) is 46.8. The molecule has 2 aliphatic heterocycles. The van der Waals surface area contributed by atoms with Crippen molar-refractivity contribution in [2.75, 3.05) is 26.3 Å². The third-order valence-electron chi connectivity index (χ3n) is 12.9. The van der Waals surface area contributed by atoms with Crippen LogP contribution in [0.1, 0.15) is 121 Å². The smallest absolute Gasteiger partial charge is 0.411 e. The molecule has 2 aromatic heterocycles. The standard InChI is InChI=1S/C27H32N2O3S.C27H29NO4S/c1-19(28)24-13-14-25(33-24)22-11-9-21(10-12-22)20(2)29-17-16-27(15-6-18-30,32-26(29)31)23-7-4-3-5-8-23;1-19(21-9-11-22(12-10-21)25-14-13-24(33-25)20(2)30)28-17-16-27(15-6-18-29,32-26(28)31)23-7-4-3-5-8-23/h3-5,7-14,19-20,30H,6,15-18,28H2,1-2H3;3-5,7-14,19,29H,6,15-18H2,1-2H3/t19?,20-,27+;19-,27+/m00/s1. The largest absolute Gasteiger partial charge is 0.438 e. The second-order valence-corrected chi connectivity index (χ2v) is 19.5. The molecule has 66 heavy (non-hydrogen) atoms. The normalized spacial score (nSPS) is 19.8. The van der Waals surface area contributed by atoms with E-state index in [-0.39, 0.29) is 49.3 Å². The number of aliphatic hydroxyl groups is 2. The number of carbonyl (C=O) groups excluding carboxylic acids is 3. The summed E-state index contributed by atoms with van der Waals surface area (Å²) in [4.78, 5) is 45.6. The maximum atomic E-state index is 13.1. The van der Waals surface area contributed by atoms with Crippen LogP contribution in [-0.2, 0) is 20.7 Å². The van der Waals surface area contributed by atoms with Gasteiger partial charge in [0.05, 0.1) is 17.0 Å². The van der Waals surface area contributed by atoms with Gasteiger partial charge in [-0.1, -0.05) is 109 Å². The number of hydrogen-bond donors (Lipinski definition) is 3. The summed E-state index contributed by atoms with van der Waals surface area (Å²) in [5.74, 6) is 0.0747. The van der Waals surface area contributed by atoms with Crippen LogP contribution in [-0.4, -0.2) is 64.3 Å². The van der Waals surface area contributed by atoms with Crippen LogP contribution >= 0.6 is 22.7 Å². The number of nitrogens with two attached hydrogens (primary N) is 1. The Morgan fingerprint density at radius 1 is 0.621 bits per heavy atom. The highest BCUT2D eigenvalue weighted by atomic mass is 32.1. The van der Waals surface area contributed by atoms with Gasteiger partial charge in [-0.25, -0.2) is 9.59 Å². The van der Waals surface area contributed by atoms with Crippen LogP contribution in [0.15, 0.2) is 133 Å². The minimum Gasteiger partial charge on any atom is -0.438 e. The predicted molar refractivity (Wildman–Crippen MR) is 263 cm³/mol. The number of nitrogens with zero attached hydrogens (tertiary/aromatic N) is 2. The molecular weight excluding hydrogens is 867 g/mol. The topological polar surface area (TPSA) is 143 Å². The predicted octanol–water partition coefficient (Wildman–Crippen LogP) is 12.2. The maximum absolute atomic E-state index is 13.1. The highest BCUT2D eigenvalue weighted by molar-refractivity contribution is 7.17. The molecule has 0 bridgehead atoms. The van der Waals surface area contributed by atoms with Gasteiger partial charge in [0, 0.05) is 59.8 Å². The lowest BCUT2D eigenvalue weighted by molar-refractivity contribution is -0.0685. The Morgan fingerprint density at radius 3 is 1.41 bits per heavy atom. The first-order valence-electron chi connectivity index (χ1n) is 22.9. The van der Waals surface area contributed by atoms with Gasteiger partial charge in [0.1, 0.15) is 11.2 Å². The van der Waals surface area contributed by atoms with Gasteiger partial charge in [0.25, 0.3) is 0 Å². The van der Waals surface area contributed by atoms with Gasteiger partial charge in [-0.2, -0.15) is 0 Å². The Balaban J connectivity index is 0.000000196. The molecule has 4 N–H and O–H groups in total. The van der Waals surface area contributed by atoms with Gasteiger partial charge >= 0.3 is 12.2 Å². The van der Waals surface area contributed by atoms with E-state index in [0.29, 0.717) is 51.6 Å². The number of thiophene rings is 2. The van der Waals surface area contributed by atoms with Crippen LogP contribution < -0.4 is 5.73 Å². The Bertz CT molecular complexity index is 2530. The van der Waals surface area contributed by atoms with Crippen molar-refractivity contribution in [2.24, 2.45) is 5.73 Å². The summed E-state index contributed by atoms with van der Waals surface area (Å²) >= 11 is 3.20. The summed E-state index contributed by atoms with van der Waals surface area (Å²) in [6.45, 7) is 8.95. The molecule has 8 rings (SSSR count). The average molecular weight is 928 g/mol. The molecule has 12 heteroatoms. The molecule has 2 saturated heterocycles. The van der Waals surface area contributed by atoms with Crippen LogP contribution in [0.4, 0.5) is 9.59 Å². The van der Waals surface area contributed by atoms with Gasteiger partial charge < -0.3 is 35.2 Å². The van der Waals surface area contributed by atoms with Crippen molar-refractivity contribution in [2.45, 2.75) is 95.5 Å². The lowest BCUT2D eigenvalue weighted by atomic mass is 9.84. The second kappa shape index (κ2) is 21.8. The summed E-state index contributed by atoms with van der Waals surface area (Å²) in [7, 11) is 0. The Hall–Kier alpha value is -5.63. The van der Waals surface area contributed by atoms with Crippen molar-refractivity contribution in [3.63, 3.8) is 0 Å². The van der Waals surface area contributed by atoms with Crippen molar-refractivity contribution >= 4 is 40.6 Å². The van der Waals surface area contributed by atoms with E-state index in [9.17, 15) is 24.6 Å². The van der Waals surface area contributed by atoms with E-state index in [0.717, 1.165) is 43.1 Å². The Morgan fingerprint density at radius 2 is 1.05 bits per heavy atom. The first kappa shape index (κ1) is 48.3. The number of aliphatic hydroxyl groups excluding tert-OH is 2. The van der Waals surface area contributed by atoms with E-state index < -0.39 is 11.2 Å². The van der Waals surface area contributed by atoms with Gasteiger partial charge in [0.2, 0.25) is 0 Å². The van der Waals surface area contributed by atoms with Crippen LogP contribution in [0.5, 0.6) is 0 Å². The maximum Gasteiger partial charge on any atom is 0.411 e. The van der Waals surface area contributed by atoms with E-state index in [4.69, 9.17) is 15.2 Å². The summed E-state index contributed by atoms with van der Waals surface area (Å²) in [5.41, 5.74) is 10.9. The van der Waals surface area contributed by atoms with Crippen molar-refractivity contribution < 1.29 is 34.1 Å². The molecule has 0 spiro atoms. The molecule has 2 fully saturated rings. The zero-order valence-electron chi connectivity index (χ0n) is 38.2. The molecule has 10 nitrogen and oxygen atoms in total. The van der Waals surface area contributed by atoms with Crippen molar-refractivity contribution in [1.29, 1.82) is 0 Å². The van der Waals surface area contributed by atoms with Crippen LogP contribution in [0.3, 0.4) is 0 Å². The minimum absolute atomic E-state index is 0.0357. The summed E-state index contributed by atoms with van der Waals surface area (Å²) in [6.07, 6.45) is 3.11. The molecule has 4 aromatic carbocycles. The lowest BCUT2D eigenvalue weighted by Crippen LogP contribution is -2.48. The van der Waals surface area contributed by atoms with Gasteiger partial charge in [-0.05, 0) is 111 Å². The molecule has 2 aliphatic rings. The van der Waals surface area contributed by atoms with E-state index in [2.05, 4.69) is 36.4 Å². The fraction of sp³-hybridized carbons (Fsp3) is 0.352. The second-order valence-electron chi connectivity index (χ2n) is 17.3. The van der Waals surface area contributed by atoms with Crippen molar-refractivity contribution in [3.05, 3.63) is 165 Å². The molecule has 6 aromatic rings. The number of amides is 2. The van der Waals surface area contributed by atoms with E-state index >= 15 is 0 Å². The summed E-state index contributed by atoms with van der Waals surface area (Å²) < 4.78 is 12.2. The first-order valence-corrected chi connectivity index (χ1v) is 24.5. The Labute approximate surface area is 396 Å². The zero-order valence-corrected chi connectivity index (χ0v) is 39.9. The van der Waals surface area contributed by atoms with Gasteiger partial charge in [-0.3, -0.25) is 4.79 Å². The lowest BCUT2D eigenvalue weighted by Gasteiger charge is -2.43. The SMILES string of the molecule is CC(=O)c1ccc(-c2ccc([C@H](C)N3CC[C@](CCCO)(c4ccccc4)OC3=O)cc2)s1.CC(N)c1ccc(-c2ccc([C@H](C)N3CC[C@](CCCO)(c4ccccc4)OC3=O)cc2)s1. The fourth-order valence-electron chi connectivity index (χ4n) is 8.95. The number of cyclic esters (lactones) is 2. The minimum atomic E-state index is -0.700. The molecular formula is C54H61N3O7S2. The van der Waals surface area contributed by atoms with Crippen molar-refractivity contribution in [1.82, 2.24) is 9.80 Å². The van der Waals surface area contributed by atoms with E-state index in [1.54, 1.807) is 28.1 Å². The summed E-state index contributed by atoms with van der Waals surface area (Å²) in [5, 5.41) is 18.8. The molecule has 346 valence electrons. The Kier molecular flexibility index (Phi) is 15.9. The highest BCUT2D eigenvalue weighted by Crippen LogP contribution is 2.42. The third kappa shape index (κ3) is 11.0. The first-order chi connectivity index (χ1) is 31.9. The molecule has 1 unspecified atom stereocenters. The molecule has 0 radical (unpaired) electrons. The molecule has 0 saturated carbocycles. The van der Waals surface area contributed by atoms with E-state index in [1.165, 1.54) is 21.1 Å². The van der Waals surface area contributed by atoms with Crippen LogP contribution in [0.2, 0.25) is 0 Å². The van der Waals surface area contributed by atoms with Gasteiger partial charge in [-0.15, -0.1) is 22.7 Å². The third-order valence-corrected chi connectivity index (χ3v) is 15.5. The molecule has 5 atom stereocenters. The van der Waals surface area contributed by atoms with Crippen LogP contribution in [0.25, 0.3) is 20.9 Å². The summed E-state index contributed by atoms with van der Waals surface area (Å²) in [6, 6.07) is 44.1. The number of Topliss-reactive ketones (excluding diaryl/α,β-unsaturated/α-hetero) is 1. The molecule has 4 heterocycles. The average Bonchev–Trinajstić information content (AvgIpc) is 4.06. The van der Waals surface area contributed by atoms with E-state index in [1.807, 2.05) is 118 Å². The van der Waals surface area contributed by atoms with Crippen LogP contribution in [0, 0.1) is 0 Å². The highest BCUT2D eigenvalue weighted by Gasteiger charge is 2.44.